The third kappa shape index (κ3) is 3.99. The van der Waals surface area contributed by atoms with Gasteiger partial charge in [-0.2, -0.15) is 22.1 Å². The van der Waals surface area contributed by atoms with Crippen molar-refractivity contribution in [2.24, 2.45) is 7.05 Å². The molecular formula is C22H26N4O2S. The predicted molar refractivity (Wildman–Crippen MR) is 114 cm³/mol. The molecular weight excluding hydrogens is 384 g/mol. The van der Waals surface area contributed by atoms with Crippen molar-refractivity contribution in [1.29, 1.82) is 0 Å². The van der Waals surface area contributed by atoms with Crippen LogP contribution < -0.4 is 0 Å². The molecule has 0 atom stereocenters. The number of hydrogen-bond acceptors (Lipinski definition) is 3. The molecule has 7 heteroatoms. The van der Waals surface area contributed by atoms with E-state index in [0.717, 1.165) is 28.1 Å². The van der Waals surface area contributed by atoms with Crippen molar-refractivity contribution in [1.82, 2.24) is 18.4 Å². The first-order valence-electron chi connectivity index (χ1n) is 9.82. The number of benzene rings is 2. The maximum atomic E-state index is 13.2. The van der Waals surface area contributed by atoms with Crippen molar-refractivity contribution in [3.05, 3.63) is 77.5 Å². The van der Waals surface area contributed by atoms with Crippen LogP contribution in [0, 0.1) is 0 Å². The molecule has 6 nitrogen and oxygen atoms in total. The lowest BCUT2D eigenvalue weighted by Gasteiger charge is -2.26. The Kier molecular flexibility index (Phi) is 5.54. The molecule has 0 saturated heterocycles. The second-order valence-electron chi connectivity index (χ2n) is 7.41. The molecule has 0 amide bonds. The van der Waals surface area contributed by atoms with E-state index in [1.165, 1.54) is 4.31 Å². The van der Waals surface area contributed by atoms with Crippen LogP contribution in [-0.2, 0) is 36.6 Å². The largest absolute Gasteiger partial charge is 0.282 e. The van der Waals surface area contributed by atoms with E-state index >= 15 is 0 Å². The molecule has 0 unspecified atom stereocenters. The molecule has 2 aromatic carbocycles. The Hall–Kier alpha value is -2.48. The normalized spacial score (nSPS) is 15.3. The van der Waals surface area contributed by atoms with Gasteiger partial charge < -0.3 is 0 Å². The Labute approximate surface area is 172 Å². The Balaban J connectivity index is 1.55. The Morgan fingerprint density at radius 1 is 0.966 bits per heavy atom. The van der Waals surface area contributed by atoms with Gasteiger partial charge >= 0.3 is 0 Å². The topological polar surface area (TPSA) is 58.4 Å². The maximum absolute atomic E-state index is 13.2. The van der Waals surface area contributed by atoms with E-state index in [-0.39, 0.29) is 0 Å². The second kappa shape index (κ2) is 8.10. The zero-order valence-electron chi connectivity index (χ0n) is 16.8. The standard InChI is InChI=1S/C22H26N4O2S/c1-24(17-18-9-5-3-6-10-18)29(27,28)26-15-13-20-21(14-16-26)23-25(2)22(20)19-11-7-4-8-12-19/h3-12H,13-17H2,1-2H3. The highest BCUT2D eigenvalue weighted by Crippen LogP contribution is 2.29. The zero-order chi connectivity index (χ0) is 20.4. The van der Waals surface area contributed by atoms with Crippen molar-refractivity contribution in [3.63, 3.8) is 0 Å². The van der Waals surface area contributed by atoms with Gasteiger partial charge in [-0.05, 0) is 12.0 Å². The Morgan fingerprint density at radius 2 is 1.59 bits per heavy atom. The molecule has 1 aliphatic heterocycles. The van der Waals surface area contributed by atoms with E-state index < -0.39 is 10.2 Å². The van der Waals surface area contributed by atoms with Gasteiger partial charge in [0.1, 0.15) is 0 Å². The molecule has 0 fully saturated rings. The maximum Gasteiger partial charge on any atom is 0.282 e. The molecule has 4 rings (SSSR count). The molecule has 0 spiro atoms. The van der Waals surface area contributed by atoms with Crippen molar-refractivity contribution >= 4 is 10.2 Å². The van der Waals surface area contributed by atoms with Crippen LogP contribution in [0.3, 0.4) is 0 Å². The van der Waals surface area contributed by atoms with Crippen LogP contribution in [0.2, 0.25) is 0 Å². The van der Waals surface area contributed by atoms with Gasteiger partial charge in [-0.1, -0.05) is 60.7 Å². The molecule has 1 aliphatic rings. The van der Waals surface area contributed by atoms with Crippen LogP contribution in [0.4, 0.5) is 0 Å². The minimum Gasteiger partial charge on any atom is -0.267 e. The van der Waals surface area contributed by atoms with Crippen LogP contribution in [0.15, 0.2) is 60.7 Å². The van der Waals surface area contributed by atoms with Gasteiger partial charge in [0.15, 0.2) is 0 Å². The highest BCUT2D eigenvalue weighted by molar-refractivity contribution is 7.86. The first-order chi connectivity index (χ1) is 14.0. The van der Waals surface area contributed by atoms with E-state index in [0.29, 0.717) is 32.5 Å². The number of aryl methyl sites for hydroxylation is 1. The quantitative estimate of drug-likeness (QED) is 0.650. The monoisotopic (exact) mass is 410 g/mol. The van der Waals surface area contributed by atoms with Gasteiger partial charge in [0.05, 0.1) is 11.4 Å². The van der Waals surface area contributed by atoms with E-state index in [1.54, 1.807) is 11.4 Å². The van der Waals surface area contributed by atoms with Crippen LogP contribution in [-0.4, -0.2) is 46.9 Å². The van der Waals surface area contributed by atoms with Gasteiger partial charge in [0.25, 0.3) is 10.2 Å². The van der Waals surface area contributed by atoms with Crippen LogP contribution in [0.1, 0.15) is 16.8 Å². The molecule has 3 aromatic rings. The SMILES string of the molecule is CN(Cc1ccccc1)S(=O)(=O)N1CCc2nn(C)c(-c3ccccc3)c2CC1. The number of hydrogen-bond donors (Lipinski definition) is 0. The number of fused-ring (bicyclic) bond motifs is 1. The molecule has 29 heavy (non-hydrogen) atoms. The average Bonchev–Trinajstić information content (AvgIpc) is 2.89. The van der Waals surface area contributed by atoms with Crippen LogP contribution >= 0.6 is 0 Å². The fourth-order valence-corrected chi connectivity index (χ4v) is 5.32. The summed E-state index contributed by atoms with van der Waals surface area (Å²) in [5.74, 6) is 0. The molecule has 0 aliphatic carbocycles. The van der Waals surface area contributed by atoms with Gasteiger partial charge in [-0.15, -0.1) is 0 Å². The zero-order valence-corrected chi connectivity index (χ0v) is 17.6. The van der Waals surface area contributed by atoms with Crippen molar-refractivity contribution in [2.45, 2.75) is 19.4 Å². The minimum atomic E-state index is -3.53. The summed E-state index contributed by atoms with van der Waals surface area (Å²) in [4.78, 5) is 0. The third-order valence-electron chi connectivity index (χ3n) is 5.45. The molecule has 2 heterocycles. The lowest BCUT2D eigenvalue weighted by molar-refractivity contribution is 0.364. The number of nitrogens with zero attached hydrogens (tertiary/aromatic N) is 4. The van der Waals surface area contributed by atoms with E-state index in [2.05, 4.69) is 12.1 Å². The van der Waals surface area contributed by atoms with Crippen LogP contribution in [0.25, 0.3) is 11.3 Å². The molecule has 0 N–H and O–H groups in total. The average molecular weight is 411 g/mol. The molecule has 1 aromatic heterocycles. The molecule has 0 saturated carbocycles. The van der Waals surface area contributed by atoms with Gasteiger partial charge in [0.2, 0.25) is 0 Å². The van der Waals surface area contributed by atoms with Crippen LogP contribution in [0.5, 0.6) is 0 Å². The van der Waals surface area contributed by atoms with Gasteiger partial charge in [-0.3, -0.25) is 4.68 Å². The minimum absolute atomic E-state index is 0.362. The highest BCUT2D eigenvalue weighted by Gasteiger charge is 2.31. The Morgan fingerprint density at radius 3 is 2.28 bits per heavy atom. The van der Waals surface area contributed by atoms with Gasteiger partial charge in [0, 0.05) is 51.3 Å². The van der Waals surface area contributed by atoms with Crippen molar-refractivity contribution in [3.8, 4) is 11.3 Å². The van der Waals surface area contributed by atoms with Crippen molar-refractivity contribution < 1.29 is 8.42 Å². The third-order valence-corrected chi connectivity index (χ3v) is 7.39. The summed E-state index contributed by atoms with van der Waals surface area (Å²) in [5, 5.41) is 4.70. The van der Waals surface area contributed by atoms with E-state index in [9.17, 15) is 8.42 Å². The van der Waals surface area contributed by atoms with Gasteiger partial charge in [-0.25, -0.2) is 0 Å². The Bertz CT molecular complexity index is 1080. The summed E-state index contributed by atoms with van der Waals surface area (Å²) >= 11 is 0. The smallest absolute Gasteiger partial charge is 0.267 e. The summed E-state index contributed by atoms with van der Waals surface area (Å²) in [6.07, 6.45) is 1.28. The second-order valence-corrected chi connectivity index (χ2v) is 9.45. The molecule has 152 valence electrons. The summed E-state index contributed by atoms with van der Waals surface area (Å²) in [5.41, 5.74) is 5.32. The predicted octanol–water partition coefficient (Wildman–Crippen LogP) is 2.86. The number of aromatic nitrogens is 2. The molecule has 0 radical (unpaired) electrons. The van der Waals surface area contributed by atoms with Crippen molar-refractivity contribution in [2.75, 3.05) is 20.1 Å². The summed E-state index contributed by atoms with van der Waals surface area (Å²) in [6.45, 7) is 1.26. The summed E-state index contributed by atoms with van der Waals surface area (Å²) in [6, 6.07) is 19.8. The lowest BCUT2D eigenvalue weighted by Crippen LogP contribution is -2.42. The summed E-state index contributed by atoms with van der Waals surface area (Å²) in [7, 11) is 0.0696. The first-order valence-corrected chi connectivity index (χ1v) is 11.2. The fraction of sp³-hybridized carbons (Fsp3) is 0.318. The van der Waals surface area contributed by atoms with E-state index in [1.807, 2.05) is 60.3 Å². The molecule has 0 bridgehead atoms. The number of rotatable bonds is 5. The summed E-state index contributed by atoms with van der Waals surface area (Å²) < 4.78 is 31.3. The first kappa shape index (κ1) is 19.8. The fourth-order valence-electron chi connectivity index (χ4n) is 3.97. The lowest BCUT2D eigenvalue weighted by atomic mass is 10.0. The van der Waals surface area contributed by atoms with E-state index in [4.69, 9.17) is 5.10 Å². The highest BCUT2D eigenvalue weighted by atomic mass is 32.2.